The van der Waals surface area contributed by atoms with Crippen LogP contribution in [0.5, 0.6) is 11.5 Å². The quantitative estimate of drug-likeness (QED) is 0.873. The van der Waals surface area contributed by atoms with Crippen LogP contribution in [0.3, 0.4) is 0 Å². The molecular formula is C17H26ClNO2. The number of methoxy groups -OCH3 is 2. The van der Waals surface area contributed by atoms with Crippen LogP contribution in [0.2, 0.25) is 5.02 Å². The molecule has 1 unspecified atom stereocenters. The summed E-state index contributed by atoms with van der Waals surface area (Å²) in [7, 11) is 3.24. The highest BCUT2D eigenvalue weighted by Crippen LogP contribution is 2.37. The van der Waals surface area contributed by atoms with Crippen LogP contribution in [0.1, 0.15) is 45.1 Å². The molecule has 0 radical (unpaired) electrons. The van der Waals surface area contributed by atoms with Crippen molar-refractivity contribution in [2.24, 2.45) is 5.41 Å². The lowest BCUT2D eigenvalue weighted by Crippen LogP contribution is -2.36. The van der Waals surface area contributed by atoms with Crippen molar-refractivity contribution in [3.63, 3.8) is 0 Å². The van der Waals surface area contributed by atoms with Crippen molar-refractivity contribution in [1.82, 2.24) is 5.32 Å². The molecule has 1 fully saturated rings. The summed E-state index contributed by atoms with van der Waals surface area (Å²) in [6.07, 6.45) is 5.11. The minimum atomic E-state index is 0.450. The molecule has 1 aliphatic rings. The Balaban J connectivity index is 2.02. The van der Waals surface area contributed by atoms with Gasteiger partial charge in [0.1, 0.15) is 0 Å². The molecule has 0 amide bonds. The van der Waals surface area contributed by atoms with E-state index in [9.17, 15) is 0 Å². The maximum Gasteiger partial charge on any atom is 0.179 e. The van der Waals surface area contributed by atoms with Crippen molar-refractivity contribution < 1.29 is 9.47 Å². The van der Waals surface area contributed by atoms with E-state index in [-0.39, 0.29) is 0 Å². The summed E-state index contributed by atoms with van der Waals surface area (Å²) < 4.78 is 10.6. The van der Waals surface area contributed by atoms with Crippen LogP contribution in [-0.4, -0.2) is 20.3 Å². The SMILES string of the molecule is COc1cc(CNC2CCCC(C)(C)C2)cc(Cl)c1OC. The Hall–Kier alpha value is -0.930. The van der Waals surface area contributed by atoms with Gasteiger partial charge in [-0.2, -0.15) is 0 Å². The third-order valence-corrected chi connectivity index (χ3v) is 4.57. The fourth-order valence-electron chi connectivity index (χ4n) is 3.21. The van der Waals surface area contributed by atoms with Crippen molar-refractivity contribution >= 4 is 11.6 Å². The van der Waals surface area contributed by atoms with Crippen LogP contribution >= 0.6 is 11.6 Å². The molecule has 1 saturated carbocycles. The van der Waals surface area contributed by atoms with E-state index in [0.717, 1.165) is 12.1 Å². The summed E-state index contributed by atoms with van der Waals surface area (Å²) in [5.41, 5.74) is 1.58. The van der Waals surface area contributed by atoms with Gasteiger partial charge in [0.05, 0.1) is 19.2 Å². The summed E-state index contributed by atoms with van der Waals surface area (Å²) in [4.78, 5) is 0. The fourth-order valence-corrected chi connectivity index (χ4v) is 3.52. The maximum atomic E-state index is 6.25. The van der Waals surface area contributed by atoms with Gasteiger partial charge in [-0.15, -0.1) is 0 Å². The highest BCUT2D eigenvalue weighted by atomic mass is 35.5. The van der Waals surface area contributed by atoms with Crippen LogP contribution in [-0.2, 0) is 6.54 Å². The fraction of sp³-hybridized carbons (Fsp3) is 0.647. The molecule has 0 bridgehead atoms. The van der Waals surface area contributed by atoms with Crippen LogP contribution in [0, 0.1) is 5.41 Å². The zero-order valence-electron chi connectivity index (χ0n) is 13.5. The zero-order valence-corrected chi connectivity index (χ0v) is 14.2. The Bertz CT molecular complexity index is 488. The van der Waals surface area contributed by atoms with Gasteiger partial charge in [-0.3, -0.25) is 0 Å². The van der Waals surface area contributed by atoms with Gasteiger partial charge in [-0.25, -0.2) is 0 Å². The molecule has 1 aromatic carbocycles. The van der Waals surface area contributed by atoms with Gasteiger partial charge >= 0.3 is 0 Å². The lowest BCUT2D eigenvalue weighted by molar-refractivity contribution is 0.197. The minimum Gasteiger partial charge on any atom is -0.493 e. The highest BCUT2D eigenvalue weighted by Gasteiger charge is 2.27. The molecule has 21 heavy (non-hydrogen) atoms. The van der Waals surface area contributed by atoms with E-state index >= 15 is 0 Å². The van der Waals surface area contributed by atoms with Gasteiger partial charge in [-0.1, -0.05) is 31.9 Å². The molecule has 2 rings (SSSR count). The van der Waals surface area contributed by atoms with E-state index in [4.69, 9.17) is 21.1 Å². The molecule has 4 heteroatoms. The van der Waals surface area contributed by atoms with Gasteiger partial charge in [0.2, 0.25) is 0 Å². The second kappa shape index (κ2) is 6.89. The predicted molar refractivity (Wildman–Crippen MR) is 87.4 cm³/mol. The standard InChI is InChI=1S/C17H26ClNO2/c1-17(2)7-5-6-13(10-17)19-11-12-8-14(18)16(21-4)15(9-12)20-3/h8-9,13,19H,5-7,10-11H2,1-4H3. The minimum absolute atomic E-state index is 0.450. The van der Waals surface area contributed by atoms with E-state index in [2.05, 4.69) is 19.2 Å². The number of hydrogen-bond acceptors (Lipinski definition) is 3. The number of ether oxygens (including phenoxy) is 2. The number of benzene rings is 1. The first-order valence-electron chi connectivity index (χ1n) is 7.59. The lowest BCUT2D eigenvalue weighted by Gasteiger charge is -2.35. The molecule has 1 atom stereocenters. The Morgan fingerprint density at radius 3 is 2.67 bits per heavy atom. The molecule has 1 N–H and O–H groups in total. The van der Waals surface area contributed by atoms with Crippen LogP contribution in [0.25, 0.3) is 0 Å². The van der Waals surface area contributed by atoms with Crippen LogP contribution < -0.4 is 14.8 Å². The Kier molecular flexibility index (Phi) is 5.39. The number of hydrogen-bond donors (Lipinski definition) is 1. The summed E-state index contributed by atoms with van der Waals surface area (Å²) in [5, 5.41) is 4.25. The second-order valence-electron chi connectivity index (χ2n) is 6.65. The maximum absolute atomic E-state index is 6.25. The van der Waals surface area contributed by atoms with Crippen molar-refractivity contribution in [1.29, 1.82) is 0 Å². The molecule has 0 spiro atoms. The van der Waals surface area contributed by atoms with Crippen molar-refractivity contribution in [2.45, 2.75) is 52.1 Å². The Labute approximate surface area is 133 Å². The predicted octanol–water partition coefficient (Wildman–Crippen LogP) is 4.42. The smallest absolute Gasteiger partial charge is 0.179 e. The molecule has 118 valence electrons. The monoisotopic (exact) mass is 311 g/mol. The van der Waals surface area contributed by atoms with E-state index < -0.39 is 0 Å². The molecular weight excluding hydrogens is 286 g/mol. The Morgan fingerprint density at radius 1 is 1.29 bits per heavy atom. The van der Waals surface area contributed by atoms with E-state index in [0.29, 0.717) is 28.0 Å². The van der Waals surface area contributed by atoms with Crippen molar-refractivity contribution in [3.8, 4) is 11.5 Å². The first-order chi connectivity index (χ1) is 9.95. The summed E-state index contributed by atoms with van der Waals surface area (Å²) in [6.45, 7) is 5.52. The topological polar surface area (TPSA) is 30.5 Å². The zero-order chi connectivity index (χ0) is 15.5. The molecule has 1 aromatic rings. The second-order valence-corrected chi connectivity index (χ2v) is 7.06. The van der Waals surface area contributed by atoms with E-state index in [1.165, 1.54) is 25.7 Å². The van der Waals surface area contributed by atoms with Crippen molar-refractivity contribution in [2.75, 3.05) is 14.2 Å². The van der Waals surface area contributed by atoms with Gasteiger partial charge in [0, 0.05) is 12.6 Å². The van der Waals surface area contributed by atoms with Crippen molar-refractivity contribution in [3.05, 3.63) is 22.7 Å². The number of halogens is 1. The van der Waals surface area contributed by atoms with E-state index in [1.54, 1.807) is 14.2 Å². The molecule has 0 saturated heterocycles. The van der Waals surface area contributed by atoms with Gasteiger partial charge in [0.25, 0.3) is 0 Å². The largest absolute Gasteiger partial charge is 0.493 e. The van der Waals surface area contributed by atoms with Gasteiger partial charge < -0.3 is 14.8 Å². The van der Waals surface area contributed by atoms with Crippen LogP contribution in [0.15, 0.2) is 12.1 Å². The molecule has 3 nitrogen and oxygen atoms in total. The normalized spacial score (nSPS) is 21.1. The number of nitrogens with one attached hydrogen (secondary N) is 1. The molecule has 0 aliphatic heterocycles. The Morgan fingerprint density at radius 2 is 2.05 bits per heavy atom. The van der Waals surface area contributed by atoms with Crippen LogP contribution in [0.4, 0.5) is 0 Å². The average Bonchev–Trinajstić information content (AvgIpc) is 2.43. The molecule has 0 aromatic heterocycles. The molecule has 0 heterocycles. The first kappa shape index (κ1) is 16.4. The first-order valence-corrected chi connectivity index (χ1v) is 7.97. The lowest BCUT2D eigenvalue weighted by atomic mass is 9.75. The summed E-state index contributed by atoms with van der Waals surface area (Å²) in [6, 6.07) is 4.52. The van der Waals surface area contributed by atoms with E-state index in [1.807, 2.05) is 12.1 Å². The van der Waals surface area contributed by atoms with Gasteiger partial charge in [-0.05, 0) is 42.4 Å². The molecule has 1 aliphatic carbocycles. The number of rotatable bonds is 5. The third-order valence-electron chi connectivity index (χ3n) is 4.29. The average molecular weight is 312 g/mol. The van der Waals surface area contributed by atoms with Gasteiger partial charge in [0.15, 0.2) is 11.5 Å². The summed E-state index contributed by atoms with van der Waals surface area (Å²) in [5.74, 6) is 1.28. The highest BCUT2D eigenvalue weighted by molar-refractivity contribution is 6.32. The summed E-state index contributed by atoms with van der Waals surface area (Å²) >= 11 is 6.25. The third kappa shape index (κ3) is 4.27.